The number of aromatic nitrogens is 1. The van der Waals surface area contributed by atoms with E-state index in [0.29, 0.717) is 19.4 Å². The lowest BCUT2D eigenvalue weighted by atomic mass is 10.1. The summed E-state index contributed by atoms with van der Waals surface area (Å²) in [4.78, 5) is 27.1. The number of aliphatic hydroxyl groups is 1. The van der Waals surface area contributed by atoms with Crippen LogP contribution < -0.4 is 10.1 Å². The average molecular weight is 372 g/mol. The minimum absolute atomic E-state index is 0.227. The highest BCUT2D eigenvalue weighted by molar-refractivity contribution is 8.15. The van der Waals surface area contributed by atoms with Gasteiger partial charge in [0.25, 0.3) is 5.24 Å². The molecule has 0 saturated carbocycles. The number of nitrogens with zero attached hydrogens (tertiary/aromatic N) is 1. The van der Waals surface area contributed by atoms with Crippen molar-refractivity contribution in [2.24, 2.45) is 0 Å². The molecule has 1 aromatic heterocycles. The summed E-state index contributed by atoms with van der Waals surface area (Å²) in [5.41, 5.74) is 2.68. The van der Waals surface area contributed by atoms with Gasteiger partial charge in [-0.1, -0.05) is 30.0 Å². The van der Waals surface area contributed by atoms with Gasteiger partial charge in [0.05, 0.1) is 18.0 Å². The van der Waals surface area contributed by atoms with E-state index in [1.807, 2.05) is 36.4 Å². The SMILES string of the molecule is CC(O)c1ccc(CCOc2ccc(C[C@H]3SC(=O)NC3=O)cc2)nc1. The quantitative estimate of drug-likeness (QED) is 0.777. The molecule has 6 nitrogen and oxygen atoms in total. The van der Waals surface area contributed by atoms with E-state index in [-0.39, 0.29) is 16.4 Å². The zero-order valence-corrected chi connectivity index (χ0v) is 15.2. The maximum Gasteiger partial charge on any atom is 0.286 e. The lowest BCUT2D eigenvalue weighted by Gasteiger charge is -2.09. The Bertz CT molecular complexity index is 775. The first-order valence-electron chi connectivity index (χ1n) is 8.37. The van der Waals surface area contributed by atoms with Crippen LogP contribution in [0.15, 0.2) is 42.6 Å². The van der Waals surface area contributed by atoms with Gasteiger partial charge in [-0.25, -0.2) is 0 Å². The summed E-state index contributed by atoms with van der Waals surface area (Å²) in [6.07, 6.45) is 2.35. The van der Waals surface area contributed by atoms with Crippen molar-refractivity contribution in [1.82, 2.24) is 10.3 Å². The standard InChI is InChI=1S/C19H20N2O4S/c1-12(22)14-4-5-15(20-11-14)8-9-25-16-6-2-13(3-7-16)10-17-18(23)21-19(24)26-17/h2-7,11-12,17,22H,8-10H2,1H3,(H,21,23,24)/t12?,17-/m1/s1. The number of aliphatic hydroxyl groups excluding tert-OH is 1. The second kappa shape index (κ2) is 8.33. The molecule has 1 unspecified atom stereocenters. The average Bonchev–Trinajstić information content (AvgIpc) is 2.94. The van der Waals surface area contributed by atoms with E-state index in [9.17, 15) is 14.7 Å². The molecule has 26 heavy (non-hydrogen) atoms. The van der Waals surface area contributed by atoms with Crippen molar-refractivity contribution in [3.05, 3.63) is 59.4 Å². The summed E-state index contributed by atoms with van der Waals surface area (Å²) < 4.78 is 5.72. The smallest absolute Gasteiger partial charge is 0.286 e. The van der Waals surface area contributed by atoms with E-state index in [1.165, 1.54) is 0 Å². The van der Waals surface area contributed by atoms with Crippen LogP contribution in [0.3, 0.4) is 0 Å². The van der Waals surface area contributed by atoms with Crippen LogP contribution in [-0.4, -0.2) is 33.1 Å². The summed E-state index contributed by atoms with van der Waals surface area (Å²) >= 11 is 1.03. The molecule has 2 N–H and O–H groups in total. The molecule has 0 spiro atoms. The largest absolute Gasteiger partial charge is 0.493 e. The summed E-state index contributed by atoms with van der Waals surface area (Å²) in [6.45, 7) is 2.20. The molecule has 2 aromatic rings. The predicted octanol–water partition coefficient (Wildman–Crippen LogP) is 2.65. The highest BCUT2D eigenvalue weighted by atomic mass is 32.2. The first kappa shape index (κ1) is 18.4. The molecule has 1 fully saturated rings. The molecule has 0 aliphatic carbocycles. The fraction of sp³-hybridized carbons (Fsp3) is 0.316. The summed E-state index contributed by atoms with van der Waals surface area (Å²) in [5, 5.41) is 11.1. The van der Waals surface area contributed by atoms with E-state index < -0.39 is 6.10 Å². The van der Waals surface area contributed by atoms with Crippen molar-refractivity contribution in [2.45, 2.75) is 31.1 Å². The molecular formula is C19H20N2O4S. The van der Waals surface area contributed by atoms with Crippen molar-refractivity contribution >= 4 is 22.9 Å². The van der Waals surface area contributed by atoms with E-state index in [4.69, 9.17) is 4.74 Å². The molecule has 1 aliphatic rings. The molecule has 7 heteroatoms. The zero-order chi connectivity index (χ0) is 18.5. The maximum atomic E-state index is 11.6. The number of benzene rings is 1. The van der Waals surface area contributed by atoms with Crippen molar-refractivity contribution in [2.75, 3.05) is 6.61 Å². The minimum Gasteiger partial charge on any atom is -0.493 e. The van der Waals surface area contributed by atoms with Crippen molar-refractivity contribution in [3.63, 3.8) is 0 Å². The van der Waals surface area contributed by atoms with Gasteiger partial charge in [0.1, 0.15) is 5.75 Å². The molecule has 3 rings (SSSR count). The Labute approximate surface area is 156 Å². The van der Waals surface area contributed by atoms with Gasteiger partial charge in [-0.05, 0) is 42.7 Å². The van der Waals surface area contributed by atoms with Gasteiger partial charge in [0.2, 0.25) is 5.91 Å². The first-order chi connectivity index (χ1) is 12.5. The van der Waals surface area contributed by atoms with Crippen LogP contribution >= 0.6 is 11.8 Å². The highest BCUT2D eigenvalue weighted by Gasteiger charge is 2.31. The van der Waals surface area contributed by atoms with Crippen molar-refractivity contribution < 1.29 is 19.4 Å². The van der Waals surface area contributed by atoms with Crippen molar-refractivity contribution in [1.29, 1.82) is 0 Å². The third kappa shape index (κ3) is 4.83. The van der Waals surface area contributed by atoms with E-state index >= 15 is 0 Å². The number of carbonyl (C=O) groups excluding carboxylic acids is 2. The Morgan fingerprint density at radius 1 is 1.23 bits per heavy atom. The number of nitrogens with one attached hydrogen (secondary N) is 1. The van der Waals surface area contributed by atoms with Crippen LogP contribution in [0.25, 0.3) is 0 Å². The molecule has 2 amide bonds. The second-order valence-electron chi connectivity index (χ2n) is 6.09. The van der Waals surface area contributed by atoms with Crippen molar-refractivity contribution in [3.8, 4) is 5.75 Å². The minimum atomic E-state index is -0.516. The van der Waals surface area contributed by atoms with Crippen LogP contribution in [0.5, 0.6) is 5.75 Å². The van der Waals surface area contributed by atoms with Crippen LogP contribution in [0.1, 0.15) is 29.8 Å². The fourth-order valence-corrected chi connectivity index (χ4v) is 3.43. The first-order valence-corrected chi connectivity index (χ1v) is 9.25. The number of thioether (sulfide) groups is 1. The third-order valence-electron chi connectivity index (χ3n) is 4.07. The van der Waals surface area contributed by atoms with Gasteiger partial charge < -0.3 is 9.84 Å². The molecule has 136 valence electrons. The molecule has 2 atom stereocenters. The topological polar surface area (TPSA) is 88.5 Å². The number of rotatable bonds is 7. The molecule has 0 radical (unpaired) electrons. The number of hydrogen-bond acceptors (Lipinski definition) is 6. The van der Waals surface area contributed by atoms with Crippen LogP contribution in [-0.2, 0) is 17.6 Å². The summed E-state index contributed by atoms with van der Waals surface area (Å²) in [7, 11) is 0. The normalized spacial score (nSPS) is 17.8. The van der Waals surface area contributed by atoms with Gasteiger partial charge in [-0.15, -0.1) is 0 Å². The van der Waals surface area contributed by atoms with Gasteiger partial charge in [0, 0.05) is 18.3 Å². The maximum absolute atomic E-state index is 11.6. The Morgan fingerprint density at radius 3 is 2.58 bits per heavy atom. The van der Waals surface area contributed by atoms with E-state index in [0.717, 1.165) is 34.3 Å². The third-order valence-corrected chi connectivity index (χ3v) is 5.05. The van der Waals surface area contributed by atoms with Gasteiger partial charge in [-0.2, -0.15) is 0 Å². The molecule has 2 heterocycles. The molecule has 0 bridgehead atoms. The van der Waals surface area contributed by atoms with Crippen LogP contribution in [0.4, 0.5) is 4.79 Å². The van der Waals surface area contributed by atoms with Crippen LogP contribution in [0.2, 0.25) is 0 Å². The lowest BCUT2D eigenvalue weighted by Crippen LogP contribution is -2.25. The Balaban J connectivity index is 1.47. The molecule has 1 aliphatic heterocycles. The Kier molecular flexibility index (Phi) is 5.90. The predicted molar refractivity (Wildman–Crippen MR) is 99.1 cm³/mol. The van der Waals surface area contributed by atoms with Gasteiger partial charge in [0.15, 0.2) is 0 Å². The monoisotopic (exact) mass is 372 g/mol. The number of carbonyl (C=O) groups is 2. The number of ether oxygens (including phenoxy) is 1. The Morgan fingerprint density at radius 2 is 2.00 bits per heavy atom. The highest BCUT2D eigenvalue weighted by Crippen LogP contribution is 2.24. The van der Waals surface area contributed by atoms with Gasteiger partial charge in [-0.3, -0.25) is 19.9 Å². The van der Waals surface area contributed by atoms with E-state index in [2.05, 4.69) is 10.3 Å². The van der Waals surface area contributed by atoms with Gasteiger partial charge >= 0.3 is 0 Å². The summed E-state index contributed by atoms with van der Waals surface area (Å²) in [5.74, 6) is 0.517. The zero-order valence-electron chi connectivity index (χ0n) is 14.3. The molecule has 1 saturated heterocycles. The molecule has 1 aromatic carbocycles. The lowest BCUT2D eigenvalue weighted by molar-refractivity contribution is -0.118. The van der Waals surface area contributed by atoms with Crippen LogP contribution in [0, 0.1) is 0 Å². The number of imide groups is 1. The second-order valence-corrected chi connectivity index (χ2v) is 7.26. The number of hydrogen-bond donors (Lipinski definition) is 2. The van der Waals surface area contributed by atoms with E-state index in [1.54, 1.807) is 13.1 Å². The fourth-order valence-electron chi connectivity index (χ4n) is 2.57. The number of amides is 2. The number of pyridine rings is 1. The summed E-state index contributed by atoms with van der Waals surface area (Å²) in [6, 6.07) is 11.3. The molecular weight excluding hydrogens is 352 g/mol. The Hall–Kier alpha value is -2.38.